The Morgan fingerprint density at radius 1 is 1.00 bits per heavy atom. The monoisotopic (exact) mass is 295 g/mol. The fraction of sp³-hybridized carbons (Fsp3) is 1.00. The van der Waals surface area contributed by atoms with Crippen LogP contribution in [0.4, 0.5) is 26.3 Å². The van der Waals surface area contributed by atoms with Crippen molar-refractivity contribution in [1.82, 2.24) is 5.32 Å². The minimum Gasteiger partial charge on any atom is -0.356 e. The number of hydrogen-bond donors (Lipinski definition) is 1. The zero-order chi connectivity index (χ0) is 15.3. The molecule has 19 heavy (non-hydrogen) atoms. The van der Waals surface area contributed by atoms with E-state index in [0.717, 1.165) is 6.42 Å². The normalized spacial score (nSPS) is 16.7. The smallest absolute Gasteiger partial charge is 0.356 e. The molecule has 0 bridgehead atoms. The molecule has 2 nitrogen and oxygen atoms in total. The molecule has 2 unspecified atom stereocenters. The van der Waals surface area contributed by atoms with Crippen molar-refractivity contribution in [2.24, 2.45) is 0 Å². The van der Waals surface area contributed by atoms with Crippen LogP contribution in [-0.2, 0) is 4.74 Å². The summed E-state index contributed by atoms with van der Waals surface area (Å²) in [5.74, 6) is 0. The standard InChI is InChI=1S/C11H19F6NO/c1-4-6-18-8(5-2)7(3)19-9(10(12,13)14)11(15,16)17/h7-9,18H,4-6H2,1-3H3. The van der Waals surface area contributed by atoms with Gasteiger partial charge in [0.2, 0.25) is 6.10 Å². The average Bonchev–Trinajstić information content (AvgIpc) is 2.23. The van der Waals surface area contributed by atoms with Crippen molar-refractivity contribution in [2.45, 2.75) is 64.2 Å². The zero-order valence-electron chi connectivity index (χ0n) is 11.0. The molecule has 0 aromatic carbocycles. The van der Waals surface area contributed by atoms with Crippen LogP contribution in [0.15, 0.2) is 0 Å². The number of nitrogens with one attached hydrogen (secondary N) is 1. The van der Waals surface area contributed by atoms with E-state index in [-0.39, 0.29) is 0 Å². The third kappa shape index (κ3) is 6.47. The van der Waals surface area contributed by atoms with Gasteiger partial charge in [-0.3, -0.25) is 0 Å². The van der Waals surface area contributed by atoms with Crippen LogP contribution in [0.1, 0.15) is 33.6 Å². The van der Waals surface area contributed by atoms with Crippen LogP contribution in [0.5, 0.6) is 0 Å². The van der Waals surface area contributed by atoms with Gasteiger partial charge >= 0.3 is 12.4 Å². The summed E-state index contributed by atoms with van der Waals surface area (Å²) >= 11 is 0. The Morgan fingerprint density at radius 2 is 1.47 bits per heavy atom. The summed E-state index contributed by atoms with van der Waals surface area (Å²) in [5, 5.41) is 2.87. The molecule has 0 heterocycles. The van der Waals surface area contributed by atoms with Gasteiger partial charge in [-0.1, -0.05) is 13.8 Å². The first kappa shape index (κ1) is 18.5. The first-order chi connectivity index (χ1) is 8.54. The molecule has 0 fully saturated rings. The Morgan fingerprint density at radius 3 is 1.79 bits per heavy atom. The average molecular weight is 295 g/mol. The van der Waals surface area contributed by atoms with E-state index in [0.29, 0.717) is 13.0 Å². The van der Waals surface area contributed by atoms with Crippen LogP contribution >= 0.6 is 0 Å². The van der Waals surface area contributed by atoms with Gasteiger partial charge in [-0.05, 0) is 26.3 Å². The molecule has 2 atom stereocenters. The fourth-order valence-electron chi connectivity index (χ4n) is 1.62. The summed E-state index contributed by atoms with van der Waals surface area (Å²) in [7, 11) is 0. The number of ether oxygens (including phenoxy) is 1. The highest BCUT2D eigenvalue weighted by Crippen LogP contribution is 2.36. The van der Waals surface area contributed by atoms with Gasteiger partial charge in [-0.25, -0.2) is 0 Å². The summed E-state index contributed by atoms with van der Waals surface area (Å²) in [6.45, 7) is 5.24. The van der Waals surface area contributed by atoms with Crippen molar-refractivity contribution in [2.75, 3.05) is 6.54 Å². The highest BCUT2D eigenvalue weighted by Gasteiger charge is 2.58. The Hall–Kier alpha value is -0.500. The second-order valence-electron chi connectivity index (χ2n) is 4.27. The molecule has 8 heteroatoms. The number of halogens is 6. The van der Waals surface area contributed by atoms with Gasteiger partial charge in [0, 0.05) is 6.04 Å². The predicted molar refractivity (Wildman–Crippen MR) is 58.8 cm³/mol. The lowest BCUT2D eigenvalue weighted by Crippen LogP contribution is -2.50. The molecule has 116 valence electrons. The molecular weight excluding hydrogens is 276 g/mol. The Labute approximate surface area is 108 Å². The molecule has 1 N–H and O–H groups in total. The van der Waals surface area contributed by atoms with E-state index < -0.39 is 30.6 Å². The lowest BCUT2D eigenvalue weighted by Gasteiger charge is -2.30. The summed E-state index contributed by atoms with van der Waals surface area (Å²) in [6.07, 6.45) is -14.8. The quantitative estimate of drug-likeness (QED) is 0.724. The van der Waals surface area contributed by atoms with E-state index >= 15 is 0 Å². The van der Waals surface area contributed by atoms with Crippen LogP contribution < -0.4 is 5.32 Å². The summed E-state index contributed by atoms with van der Waals surface area (Å²) < 4.78 is 78.2. The summed E-state index contributed by atoms with van der Waals surface area (Å²) in [5.41, 5.74) is 0. The molecule has 0 spiro atoms. The largest absolute Gasteiger partial charge is 0.423 e. The van der Waals surface area contributed by atoms with Gasteiger partial charge in [0.25, 0.3) is 0 Å². The van der Waals surface area contributed by atoms with E-state index in [2.05, 4.69) is 10.1 Å². The van der Waals surface area contributed by atoms with Gasteiger partial charge in [-0.15, -0.1) is 0 Å². The minimum atomic E-state index is -5.46. The Kier molecular flexibility index (Phi) is 7.13. The maximum atomic E-state index is 12.3. The van der Waals surface area contributed by atoms with Gasteiger partial charge in [-0.2, -0.15) is 26.3 Å². The van der Waals surface area contributed by atoms with Crippen LogP contribution in [-0.4, -0.2) is 37.1 Å². The first-order valence-corrected chi connectivity index (χ1v) is 6.06. The van der Waals surface area contributed by atoms with Crippen molar-refractivity contribution in [3.8, 4) is 0 Å². The van der Waals surface area contributed by atoms with E-state index in [4.69, 9.17) is 0 Å². The molecule has 0 rings (SSSR count). The third-order valence-electron chi connectivity index (χ3n) is 2.61. The molecule has 0 aromatic heterocycles. The maximum Gasteiger partial charge on any atom is 0.423 e. The number of hydrogen-bond acceptors (Lipinski definition) is 2. The highest BCUT2D eigenvalue weighted by molar-refractivity contribution is 4.80. The minimum absolute atomic E-state index is 0.379. The zero-order valence-corrected chi connectivity index (χ0v) is 11.0. The maximum absolute atomic E-state index is 12.3. The number of alkyl halides is 6. The molecule has 0 aliphatic rings. The second kappa shape index (κ2) is 7.33. The molecule has 0 saturated carbocycles. The first-order valence-electron chi connectivity index (χ1n) is 6.06. The lowest BCUT2D eigenvalue weighted by atomic mass is 10.1. The van der Waals surface area contributed by atoms with Crippen molar-refractivity contribution >= 4 is 0 Å². The molecule has 0 aromatic rings. The van der Waals surface area contributed by atoms with Gasteiger partial charge in [0.05, 0.1) is 6.10 Å². The summed E-state index contributed by atoms with van der Waals surface area (Å²) in [6, 6.07) is -0.549. The van der Waals surface area contributed by atoms with Gasteiger partial charge < -0.3 is 10.1 Å². The molecule has 0 amide bonds. The van der Waals surface area contributed by atoms with Crippen LogP contribution in [0, 0.1) is 0 Å². The molecule has 0 radical (unpaired) electrons. The Balaban J connectivity index is 4.75. The predicted octanol–water partition coefficient (Wildman–Crippen LogP) is 3.66. The molecule has 0 aliphatic heterocycles. The van der Waals surface area contributed by atoms with E-state index in [1.54, 1.807) is 6.92 Å². The van der Waals surface area contributed by atoms with E-state index in [1.807, 2.05) is 6.92 Å². The van der Waals surface area contributed by atoms with Crippen LogP contribution in [0.25, 0.3) is 0 Å². The van der Waals surface area contributed by atoms with Crippen molar-refractivity contribution in [3.05, 3.63) is 0 Å². The van der Waals surface area contributed by atoms with Gasteiger partial charge in [0.15, 0.2) is 0 Å². The molecule has 0 saturated heterocycles. The Bertz CT molecular complexity index is 239. The second-order valence-corrected chi connectivity index (χ2v) is 4.27. The van der Waals surface area contributed by atoms with Crippen molar-refractivity contribution in [1.29, 1.82) is 0 Å². The fourth-order valence-corrected chi connectivity index (χ4v) is 1.62. The van der Waals surface area contributed by atoms with E-state index in [9.17, 15) is 26.3 Å². The molecular formula is C11H19F6NO. The SMILES string of the molecule is CCCNC(CC)C(C)OC(C(F)(F)F)C(F)(F)F. The number of rotatable bonds is 7. The van der Waals surface area contributed by atoms with E-state index in [1.165, 1.54) is 6.92 Å². The van der Waals surface area contributed by atoms with Crippen molar-refractivity contribution in [3.63, 3.8) is 0 Å². The van der Waals surface area contributed by atoms with Crippen LogP contribution in [0.2, 0.25) is 0 Å². The summed E-state index contributed by atoms with van der Waals surface area (Å²) in [4.78, 5) is 0. The van der Waals surface area contributed by atoms with Crippen LogP contribution in [0.3, 0.4) is 0 Å². The third-order valence-corrected chi connectivity index (χ3v) is 2.61. The van der Waals surface area contributed by atoms with Crippen molar-refractivity contribution < 1.29 is 31.1 Å². The lowest BCUT2D eigenvalue weighted by molar-refractivity contribution is -0.331. The highest BCUT2D eigenvalue weighted by atomic mass is 19.4. The molecule has 0 aliphatic carbocycles. The topological polar surface area (TPSA) is 21.3 Å². The van der Waals surface area contributed by atoms with Gasteiger partial charge in [0.1, 0.15) is 0 Å².